The van der Waals surface area contributed by atoms with Gasteiger partial charge in [0.05, 0.1) is 0 Å². The molecule has 0 aromatic rings. The van der Waals surface area contributed by atoms with E-state index in [4.69, 9.17) is 9.47 Å². The van der Waals surface area contributed by atoms with E-state index in [1.165, 1.54) is 12.2 Å². The highest BCUT2D eigenvalue weighted by molar-refractivity contribution is 5.91. The first kappa shape index (κ1) is 22.9. The van der Waals surface area contributed by atoms with Crippen LogP contribution in [0, 0.1) is 0 Å². The van der Waals surface area contributed by atoms with E-state index in [2.05, 4.69) is 66.0 Å². The van der Waals surface area contributed by atoms with Crippen LogP contribution in [0.1, 0.15) is 81.1 Å². The topological polar surface area (TPSA) is 76.7 Å². The van der Waals surface area contributed by atoms with Gasteiger partial charge in [-0.05, 0) is 55.4 Å². The first-order valence-corrected chi connectivity index (χ1v) is 10.2. The van der Waals surface area contributed by atoms with Crippen molar-refractivity contribution in [3.8, 4) is 0 Å². The van der Waals surface area contributed by atoms with E-state index < -0.39 is 11.9 Å². The van der Waals surface area contributed by atoms with Crippen LogP contribution >= 0.6 is 0 Å². The molecule has 2 fully saturated rings. The number of hydrogen-bond donors (Lipinski definition) is 2. The second-order valence-electron chi connectivity index (χ2n) is 11.1. The van der Waals surface area contributed by atoms with Crippen LogP contribution in [0.2, 0.25) is 0 Å². The molecule has 0 spiro atoms. The first-order chi connectivity index (χ1) is 12.6. The molecule has 0 aromatic heterocycles. The van der Waals surface area contributed by atoms with Crippen molar-refractivity contribution in [2.24, 2.45) is 0 Å². The molecule has 6 nitrogen and oxygen atoms in total. The molecule has 2 aliphatic heterocycles. The number of nitrogens with one attached hydrogen (secondary N) is 2. The highest BCUT2D eigenvalue weighted by atomic mass is 16.5. The van der Waals surface area contributed by atoms with Crippen LogP contribution in [-0.4, -0.2) is 46.3 Å². The molecule has 0 amide bonds. The van der Waals surface area contributed by atoms with E-state index in [0.29, 0.717) is 0 Å². The number of carbonyl (C=O) groups is 2. The third-order valence-electron chi connectivity index (χ3n) is 5.23. The Balaban J connectivity index is 1.87. The molecular weight excluding hydrogens is 356 g/mol. The molecule has 2 N–H and O–H groups in total. The van der Waals surface area contributed by atoms with Crippen molar-refractivity contribution in [2.45, 2.75) is 115 Å². The summed E-state index contributed by atoms with van der Waals surface area (Å²) in [4.78, 5) is 24.4. The Morgan fingerprint density at radius 3 is 1.14 bits per heavy atom. The maximum absolute atomic E-state index is 12.2. The number of piperidine rings is 2. The lowest BCUT2D eigenvalue weighted by molar-refractivity contribution is -0.150. The molecule has 6 heteroatoms. The largest absolute Gasteiger partial charge is 0.459 e. The fourth-order valence-electron chi connectivity index (χ4n) is 5.17. The lowest BCUT2D eigenvalue weighted by atomic mass is 9.81. The fraction of sp³-hybridized carbons (Fsp3) is 0.818. The van der Waals surface area contributed by atoms with Crippen molar-refractivity contribution in [2.75, 3.05) is 0 Å². The normalized spacial score (nSPS) is 26.7. The molecule has 0 unspecified atom stereocenters. The molecule has 0 aromatic carbocycles. The number of rotatable bonds is 4. The summed E-state index contributed by atoms with van der Waals surface area (Å²) in [6, 6.07) is 0. The summed E-state index contributed by atoms with van der Waals surface area (Å²) in [5, 5.41) is 7.11. The van der Waals surface area contributed by atoms with Crippen molar-refractivity contribution in [3.63, 3.8) is 0 Å². The summed E-state index contributed by atoms with van der Waals surface area (Å²) in [5.74, 6) is -0.997. The quantitative estimate of drug-likeness (QED) is 0.563. The van der Waals surface area contributed by atoms with E-state index in [-0.39, 0.29) is 34.4 Å². The van der Waals surface area contributed by atoms with Crippen molar-refractivity contribution >= 4 is 11.9 Å². The molecule has 28 heavy (non-hydrogen) atoms. The minimum atomic E-state index is -0.499. The lowest BCUT2D eigenvalue weighted by Gasteiger charge is -2.46. The second-order valence-corrected chi connectivity index (χ2v) is 11.1. The lowest BCUT2D eigenvalue weighted by Crippen LogP contribution is -2.59. The number of esters is 2. The van der Waals surface area contributed by atoms with Crippen LogP contribution in [0.25, 0.3) is 0 Å². The van der Waals surface area contributed by atoms with Gasteiger partial charge in [0.25, 0.3) is 0 Å². The molecule has 2 aliphatic rings. The van der Waals surface area contributed by atoms with Gasteiger partial charge in [0.2, 0.25) is 0 Å². The Labute approximate surface area is 169 Å². The molecule has 160 valence electrons. The third-order valence-corrected chi connectivity index (χ3v) is 5.23. The Morgan fingerprint density at radius 1 is 0.643 bits per heavy atom. The van der Waals surface area contributed by atoms with Gasteiger partial charge in [-0.25, -0.2) is 9.59 Å². The Hall–Kier alpha value is -1.40. The van der Waals surface area contributed by atoms with Gasteiger partial charge in [-0.1, -0.05) is 0 Å². The zero-order valence-corrected chi connectivity index (χ0v) is 18.8. The van der Waals surface area contributed by atoms with E-state index in [1.807, 2.05) is 0 Å². The molecule has 2 heterocycles. The van der Waals surface area contributed by atoms with E-state index >= 15 is 0 Å². The maximum atomic E-state index is 12.2. The van der Waals surface area contributed by atoms with Crippen LogP contribution < -0.4 is 10.6 Å². The number of carbonyl (C=O) groups excluding carboxylic acids is 2. The summed E-state index contributed by atoms with van der Waals surface area (Å²) in [7, 11) is 0. The predicted molar refractivity (Wildman–Crippen MR) is 110 cm³/mol. The second kappa shape index (κ2) is 7.79. The Bertz CT molecular complexity index is 548. The zero-order chi connectivity index (χ0) is 21.4. The minimum absolute atomic E-state index is 0.107. The SMILES string of the molecule is CC1(C)CC(OC(=O)/C=C/C(=O)OC2CC(C)(C)NC(C)(C)C2)CC(C)(C)N1. The van der Waals surface area contributed by atoms with Gasteiger partial charge in [-0.15, -0.1) is 0 Å². The fourth-order valence-corrected chi connectivity index (χ4v) is 5.17. The van der Waals surface area contributed by atoms with Crippen LogP contribution in [0.15, 0.2) is 12.2 Å². The smallest absolute Gasteiger partial charge is 0.331 e. The molecular formula is C22H38N2O4. The summed E-state index contributed by atoms with van der Waals surface area (Å²) < 4.78 is 11.2. The summed E-state index contributed by atoms with van der Waals surface area (Å²) in [6.07, 6.45) is 4.96. The first-order valence-electron chi connectivity index (χ1n) is 10.2. The minimum Gasteiger partial charge on any atom is -0.459 e. The van der Waals surface area contributed by atoms with Gasteiger partial charge in [0.15, 0.2) is 0 Å². The van der Waals surface area contributed by atoms with Gasteiger partial charge in [0.1, 0.15) is 12.2 Å². The summed E-state index contributed by atoms with van der Waals surface area (Å²) in [5.41, 5.74) is -0.429. The molecule has 2 rings (SSSR count). The van der Waals surface area contributed by atoms with Gasteiger partial charge in [-0.3, -0.25) is 0 Å². The van der Waals surface area contributed by atoms with E-state index in [1.54, 1.807) is 0 Å². The Kier molecular flexibility index (Phi) is 6.37. The van der Waals surface area contributed by atoms with Crippen LogP contribution in [0.3, 0.4) is 0 Å². The highest BCUT2D eigenvalue weighted by Crippen LogP contribution is 2.31. The monoisotopic (exact) mass is 394 g/mol. The van der Waals surface area contributed by atoms with Crippen LogP contribution in [0.5, 0.6) is 0 Å². The van der Waals surface area contributed by atoms with Crippen molar-refractivity contribution in [1.29, 1.82) is 0 Å². The number of hydrogen-bond acceptors (Lipinski definition) is 6. The number of ether oxygens (including phenoxy) is 2. The van der Waals surface area contributed by atoms with Gasteiger partial charge in [0, 0.05) is 60.0 Å². The molecule has 0 radical (unpaired) electrons. The van der Waals surface area contributed by atoms with E-state index in [9.17, 15) is 9.59 Å². The molecule has 2 saturated heterocycles. The summed E-state index contributed by atoms with van der Waals surface area (Å²) in [6.45, 7) is 16.8. The van der Waals surface area contributed by atoms with Gasteiger partial charge < -0.3 is 20.1 Å². The molecule has 0 atom stereocenters. The average molecular weight is 395 g/mol. The van der Waals surface area contributed by atoms with Gasteiger partial charge in [-0.2, -0.15) is 0 Å². The highest BCUT2D eigenvalue weighted by Gasteiger charge is 2.40. The maximum Gasteiger partial charge on any atom is 0.331 e. The van der Waals surface area contributed by atoms with Crippen LogP contribution in [-0.2, 0) is 19.1 Å². The predicted octanol–water partition coefficient (Wildman–Crippen LogP) is 3.25. The van der Waals surface area contributed by atoms with Gasteiger partial charge >= 0.3 is 11.9 Å². The van der Waals surface area contributed by atoms with E-state index in [0.717, 1.165) is 25.7 Å². The van der Waals surface area contributed by atoms with Crippen LogP contribution in [0.4, 0.5) is 0 Å². The third kappa shape index (κ3) is 7.21. The molecule has 0 bridgehead atoms. The van der Waals surface area contributed by atoms with Crippen molar-refractivity contribution < 1.29 is 19.1 Å². The molecule has 0 aliphatic carbocycles. The van der Waals surface area contributed by atoms with Crippen molar-refractivity contribution in [3.05, 3.63) is 12.2 Å². The Morgan fingerprint density at radius 2 is 0.893 bits per heavy atom. The summed E-state index contributed by atoms with van der Waals surface area (Å²) >= 11 is 0. The van der Waals surface area contributed by atoms with Crippen molar-refractivity contribution in [1.82, 2.24) is 10.6 Å². The zero-order valence-electron chi connectivity index (χ0n) is 18.8. The molecule has 0 saturated carbocycles. The standard InChI is InChI=1S/C22H38N2O4/c1-19(2)11-15(12-20(3,4)23-19)27-17(25)9-10-18(26)28-16-13-21(5,6)24-22(7,8)14-16/h9-10,15-16,23-24H,11-14H2,1-8H3/b10-9+. The average Bonchev–Trinajstić information content (AvgIpc) is 2.37.